The Balaban J connectivity index is 1.65. The zero-order chi connectivity index (χ0) is 10.5. The lowest BCUT2D eigenvalue weighted by molar-refractivity contribution is 0.0398. The number of thiazole rings is 1. The number of halogens is 1. The fraction of sp³-hybridized carbons (Fsp3) is 0.667. The third-order valence-corrected chi connectivity index (χ3v) is 3.36. The molecule has 2 rings (SSSR count). The minimum absolute atomic E-state index is 0.726. The fourth-order valence-electron chi connectivity index (χ4n) is 1.48. The molecule has 1 aliphatic heterocycles. The van der Waals surface area contributed by atoms with Gasteiger partial charge < -0.3 is 10.1 Å². The maximum Gasteiger partial charge on any atom is 0.184 e. The van der Waals surface area contributed by atoms with Gasteiger partial charge in [0.2, 0.25) is 0 Å². The summed E-state index contributed by atoms with van der Waals surface area (Å²) in [6, 6.07) is 0. The lowest BCUT2D eigenvalue weighted by Crippen LogP contribution is -2.38. The van der Waals surface area contributed by atoms with Crippen molar-refractivity contribution in [1.29, 1.82) is 0 Å². The summed E-state index contributed by atoms with van der Waals surface area (Å²) in [4.78, 5) is 6.51. The number of aromatic nitrogens is 1. The van der Waals surface area contributed by atoms with Crippen LogP contribution >= 0.6 is 22.9 Å². The maximum absolute atomic E-state index is 5.78. The van der Waals surface area contributed by atoms with Gasteiger partial charge in [0.1, 0.15) is 4.34 Å². The van der Waals surface area contributed by atoms with Crippen LogP contribution < -0.4 is 5.32 Å². The summed E-state index contributed by atoms with van der Waals surface area (Å²) < 4.78 is 6.00. The van der Waals surface area contributed by atoms with Crippen LogP contribution in [0.5, 0.6) is 0 Å². The second kappa shape index (κ2) is 5.65. The highest BCUT2D eigenvalue weighted by atomic mass is 35.5. The summed E-state index contributed by atoms with van der Waals surface area (Å²) in [7, 11) is 0. The van der Waals surface area contributed by atoms with Crippen molar-refractivity contribution >= 4 is 28.1 Å². The van der Waals surface area contributed by atoms with E-state index in [9.17, 15) is 0 Å². The average molecular weight is 248 g/mol. The molecule has 1 aromatic rings. The molecule has 1 saturated heterocycles. The molecule has 0 aliphatic carbocycles. The molecule has 84 valence electrons. The molecule has 4 nitrogen and oxygen atoms in total. The van der Waals surface area contributed by atoms with Gasteiger partial charge in [0, 0.05) is 26.2 Å². The van der Waals surface area contributed by atoms with Gasteiger partial charge in [-0.3, -0.25) is 4.90 Å². The van der Waals surface area contributed by atoms with Crippen molar-refractivity contribution in [2.75, 3.05) is 44.7 Å². The van der Waals surface area contributed by atoms with E-state index in [4.69, 9.17) is 16.3 Å². The first-order valence-corrected chi connectivity index (χ1v) is 6.19. The van der Waals surface area contributed by atoms with Crippen molar-refractivity contribution in [3.8, 4) is 0 Å². The highest BCUT2D eigenvalue weighted by molar-refractivity contribution is 7.19. The first-order chi connectivity index (χ1) is 7.34. The van der Waals surface area contributed by atoms with Crippen molar-refractivity contribution in [3.05, 3.63) is 10.5 Å². The van der Waals surface area contributed by atoms with Crippen LogP contribution in [0.25, 0.3) is 0 Å². The Labute approximate surface area is 98.2 Å². The van der Waals surface area contributed by atoms with Crippen LogP contribution in [-0.4, -0.2) is 49.3 Å². The second-order valence-electron chi connectivity index (χ2n) is 3.35. The number of anilines is 1. The maximum atomic E-state index is 5.78. The number of ether oxygens (including phenoxy) is 1. The normalized spacial score (nSPS) is 17.9. The molecule has 0 aromatic carbocycles. The first-order valence-electron chi connectivity index (χ1n) is 5.00. The number of nitrogens with zero attached hydrogens (tertiary/aromatic N) is 2. The molecule has 1 aliphatic rings. The highest BCUT2D eigenvalue weighted by Crippen LogP contribution is 2.22. The van der Waals surface area contributed by atoms with E-state index in [1.54, 1.807) is 6.20 Å². The van der Waals surface area contributed by atoms with Gasteiger partial charge in [0.05, 0.1) is 19.4 Å². The minimum Gasteiger partial charge on any atom is -0.379 e. The summed E-state index contributed by atoms with van der Waals surface area (Å²) >= 11 is 7.25. The number of morpholine rings is 1. The molecule has 6 heteroatoms. The summed E-state index contributed by atoms with van der Waals surface area (Å²) in [5.41, 5.74) is 0. The standard InChI is InChI=1S/C9H14ClN3OS/c10-8-7-12-9(15-8)11-1-2-13-3-5-14-6-4-13/h7H,1-6H2,(H,11,12). The molecule has 15 heavy (non-hydrogen) atoms. The number of nitrogens with one attached hydrogen (secondary N) is 1. The van der Waals surface area contributed by atoms with Gasteiger partial charge in [0.15, 0.2) is 5.13 Å². The van der Waals surface area contributed by atoms with E-state index >= 15 is 0 Å². The summed E-state index contributed by atoms with van der Waals surface area (Å²) in [6.07, 6.45) is 1.67. The lowest BCUT2D eigenvalue weighted by Gasteiger charge is -2.26. The molecule has 0 atom stereocenters. The lowest BCUT2D eigenvalue weighted by atomic mass is 10.4. The van der Waals surface area contributed by atoms with Crippen LogP contribution in [0.3, 0.4) is 0 Å². The van der Waals surface area contributed by atoms with Gasteiger partial charge in [-0.1, -0.05) is 22.9 Å². The summed E-state index contributed by atoms with van der Waals surface area (Å²) in [5.74, 6) is 0. The van der Waals surface area contributed by atoms with E-state index in [1.807, 2.05) is 0 Å². The summed E-state index contributed by atoms with van der Waals surface area (Å²) in [5, 5.41) is 4.15. The molecule has 0 amide bonds. The Morgan fingerprint density at radius 3 is 3.00 bits per heavy atom. The van der Waals surface area contributed by atoms with Crippen LogP contribution in [0, 0.1) is 0 Å². The average Bonchev–Trinajstić information content (AvgIpc) is 2.66. The Morgan fingerprint density at radius 2 is 2.33 bits per heavy atom. The zero-order valence-corrected chi connectivity index (χ0v) is 9.98. The van der Waals surface area contributed by atoms with Crippen molar-refractivity contribution in [3.63, 3.8) is 0 Å². The Hall–Kier alpha value is -0.360. The minimum atomic E-state index is 0.726. The van der Waals surface area contributed by atoms with Gasteiger partial charge >= 0.3 is 0 Å². The third-order valence-electron chi connectivity index (χ3n) is 2.29. The van der Waals surface area contributed by atoms with Crippen LogP contribution in [0.4, 0.5) is 5.13 Å². The molecule has 0 bridgehead atoms. The SMILES string of the molecule is Clc1cnc(NCCN2CCOCC2)s1. The number of rotatable bonds is 4. The molecule has 2 heterocycles. The van der Waals surface area contributed by atoms with Crippen molar-refractivity contribution < 1.29 is 4.74 Å². The zero-order valence-electron chi connectivity index (χ0n) is 8.41. The molecule has 0 unspecified atom stereocenters. The van der Waals surface area contributed by atoms with Gasteiger partial charge in [-0.2, -0.15) is 0 Å². The van der Waals surface area contributed by atoms with Gasteiger partial charge in [-0.25, -0.2) is 4.98 Å². The highest BCUT2D eigenvalue weighted by Gasteiger charge is 2.09. The van der Waals surface area contributed by atoms with E-state index in [-0.39, 0.29) is 0 Å². The predicted octanol–water partition coefficient (Wildman–Crippen LogP) is 1.54. The molecule has 0 saturated carbocycles. The summed E-state index contributed by atoms with van der Waals surface area (Å²) in [6.45, 7) is 5.69. The largest absolute Gasteiger partial charge is 0.379 e. The van der Waals surface area contributed by atoms with E-state index in [0.717, 1.165) is 48.9 Å². The predicted molar refractivity (Wildman–Crippen MR) is 62.9 cm³/mol. The Kier molecular flexibility index (Phi) is 4.19. The van der Waals surface area contributed by atoms with Crippen molar-refractivity contribution in [2.45, 2.75) is 0 Å². The third kappa shape index (κ3) is 3.61. The fourth-order valence-corrected chi connectivity index (χ4v) is 2.32. The van der Waals surface area contributed by atoms with Crippen molar-refractivity contribution in [2.24, 2.45) is 0 Å². The van der Waals surface area contributed by atoms with E-state index in [1.165, 1.54) is 11.3 Å². The smallest absolute Gasteiger partial charge is 0.184 e. The van der Waals surface area contributed by atoms with Gasteiger partial charge in [-0.15, -0.1) is 0 Å². The topological polar surface area (TPSA) is 37.4 Å². The molecule has 1 aromatic heterocycles. The van der Waals surface area contributed by atoms with Gasteiger partial charge in [-0.05, 0) is 0 Å². The van der Waals surface area contributed by atoms with E-state index in [0.29, 0.717) is 0 Å². The molecule has 0 radical (unpaired) electrons. The van der Waals surface area contributed by atoms with Crippen LogP contribution in [0.1, 0.15) is 0 Å². The van der Waals surface area contributed by atoms with Crippen molar-refractivity contribution in [1.82, 2.24) is 9.88 Å². The second-order valence-corrected chi connectivity index (χ2v) is 5.01. The molecular formula is C9H14ClN3OS. The molecule has 0 spiro atoms. The van der Waals surface area contributed by atoms with Crippen LogP contribution in [0.15, 0.2) is 6.20 Å². The number of hydrogen-bond donors (Lipinski definition) is 1. The quantitative estimate of drug-likeness (QED) is 0.876. The van der Waals surface area contributed by atoms with Crippen LogP contribution in [-0.2, 0) is 4.74 Å². The Bertz CT molecular complexity index is 301. The monoisotopic (exact) mass is 247 g/mol. The molecule has 1 fully saturated rings. The number of hydrogen-bond acceptors (Lipinski definition) is 5. The van der Waals surface area contributed by atoms with E-state index in [2.05, 4.69) is 15.2 Å². The van der Waals surface area contributed by atoms with E-state index < -0.39 is 0 Å². The van der Waals surface area contributed by atoms with Gasteiger partial charge in [0.25, 0.3) is 0 Å². The Morgan fingerprint density at radius 1 is 1.53 bits per heavy atom. The first kappa shape index (κ1) is 11.1. The molecular weight excluding hydrogens is 234 g/mol. The molecule has 1 N–H and O–H groups in total. The van der Waals surface area contributed by atoms with Crippen LogP contribution in [0.2, 0.25) is 4.34 Å².